The van der Waals surface area contributed by atoms with Crippen LogP contribution in [-0.4, -0.2) is 11.9 Å². The second kappa shape index (κ2) is 3.42. The van der Waals surface area contributed by atoms with E-state index in [1.54, 1.807) is 6.07 Å². The van der Waals surface area contributed by atoms with Gasteiger partial charge in [0.1, 0.15) is 0 Å². The van der Waals surface area contributed by atoms with Gasteiger partial charge in [-0.3, -0.25) is 4.79 Å². The van der Waals surface area contributed by atoms with Gasteiger partial charge in [-0.25, -0.2) is 0 Å². The minimum absolute atomic E-state index is 0.355. The van der Waals surface area contributed by atoms with Gasteiger partial charge in [0.15, 0.2) is 0 Å². The van der Waals surface area contributed by atoms with Gasteiger partial charge >= 0.3 is 0 Å². The molecule has 0 aromatic heterocycles. The highest BCUT2D eigenvalue weighted by Crippen LogP contribution is 2.18. The third kappa shape index (κ3) is 1.63. The molecule has 0 saturated carbocycles. The summed E-state index contributed by atoms with van der Waals surface area (Å²) in [5.74, 6) is -0.355. The largest absolute Gasteiger partial charge is 0.366 e. The van der Waals surface area contributed by atoms with Crippen LogP contribution in [0.3, 0.4) is 0 Å². The molecule has 1 unspecified atom stereocenters. The highest BCUT2D eigenvalue weighted by Gasteiger charge is 2.15. The molecule has 74 valence electrons. The minimum atomic E-state index is -0.355. The first-order valence-corrected chi connectivity index (χ1v) is 4.82. The first-order chi connectivity index (χ1) is 6.66. The van der Waals surface area contributed by atoms with Crippen molar-refractivity contribution < 1.29 is 4.79 Å². The molecule has 0 spiro atoms. The van der Waals surface area contributed by atoms with E-state index in [9.17, 15) is 4.79 Å². The van der Waals surface area contributed by atoms with Gasteiger partial charge < -0.3 is 11.1 Å². The number of carbonyl (C=O) groups is 1. The van der Waals surface area contributed by atoms with Crippen molar-refractivity contribution in [1.82, 2.24) is 5.32 Å². The van der Waals surface area contributed by atoms with E-state index in [-0.39, 0.29) is 5.91 Å². The number of fused-ring (bicyclic) bond motifs is 1. The second-order valence-electron chi connectivity index (χ2n) is 3.83. The lowest BCUT2D eigenvalue weighted by atomic mass is 9.95. The third-order valence-electron chi connectivity index (χ3n) is 2.66. The van der Waals surface area contributed by atoms with Crippen LogP contribution in [0, 0.1) is 0 Å². The predicted molar refractivity (Wildman–Crippen MR) is 55.0 cm³/mol. The standard InChI is InChI=1S/C11H14N2O/c1-7-4-8-2-3-9(11(12)14)5-10(8)6-13-7/h2-3,5,7,13H,4,6H2,1H3,(H2,12,14). The SMILES string of the molecule is CC1Cc2ccc(C(N)=O)cc2CN1. The average molecular weight is 190 g/mol. The Morgan fingerprint density at radius 1 is 1.50 bits per heavy atom. The van der Waals surface area contributed by atoms with Crippen LogP contribution in [0.1, 0.15) is 28.4 Å². The molecule has 1 aromatic carbocycles. The monoisotopic (exact) mass is 190 g/mol. The van der Waals surface area contributed by atoms with Crippen LogP contribution in [0.25, 0.3) is 0 Å². The van der Waals surface area contributed by atoms with Gasteiger partial charge in [0.05, 0.1) is 0 Å². The van der Waals surface area contributed by atoms with Crippen LogP contribution in [0.5, 0.6) is 0 Å². The number of carbonyl (C=O) groups excluding carboxylic acids is 1. The lowest BCUT2D eigenvalue weighted by Gasteiger charge is -2.23. The molecule has 0 bridgehead atoms. The maximum absolute atomic E-state index is 11.0. The molecule has 0 saturated heterocycles. The van der Waals surface area contributed by atoms with Gasteiger partial charge in [0.2, 0.25) is 5.91 Å². The van der Waals surface area contributed by atoms with Gasteiger partial charge in [0.25, 0.3) is 0 Å². The number of benzene rings is 1. The Bertz CT molecular complexity index is 374. The molecule has 1 heterocycles. The Hall–Kier alpha value is -1.35. The summed E-state index contributed by atoms with van der Waals surface area (Å²) in [6.07, 6.45) is 1.02. The van der Waals surface area contributed by atoms with E-state index in [0.717, 1.165) is 13.0 Å². The molecule has 0 aliphatic carbocycles. The molecule has 1 atom stereocenters. The quantitative estimate of drug-likeness (QED) is 0.688. The Morgan fingerprint density at radius 2 is 2.29 bits per heavy atom. The smallest absolute Gasteiger partial charge is 0.248 e. The number of nitrogens with two attached hydrogens (primary N) is 1. The first kappa shape index (κ1) is 9.21. The molecule has 1 aromatic rings. The van der Waals surface area contributed by atoms with Crippen molar-refractivity contribution in [3.63, 3.8) is 0 Å². The van der Waals surface area contributed by atoms with Crippen LogP contribution in [0.2, 0.25) is 0 Å². The number of hydrogen-bond acceptors (Lipinski definition) is 2. The van der Waals surface area contributed by atoms with Crippen LogP contribution in [-0.2, 0) is 13.0 Å². The van der Waals surface area contributed by atoms with Crippen molar-refractivity contribution in [3.05, 3.63) is 34.9 Å². The normalized spacial score (nSPS) is 20.2. The zero-order valence-corrected chi connectivity index (χ0v) is 8.21. The fourth-order valence-electron chi connectivity index (χ4n) is 1.83. The Kier molecular flexibility index (Phi) is 2.25. The van der Waals surface area contributed by atoms with Crippen molar-refractivity contribution in [3.8, 4) is 0 Å². The highest BCUT2D eigenvalue weighted by atomic mass is 16.1. The maximum atomic E-state index is 11.0. The average Bonchev–Trinajstić information content (AvgIpc) is 2.16. The summed E-state index contributed by atoms with van der Waals surface area (Å²) in [4.78, 5) is 11.0. The van der Waals surface area contributed by atoms with Gasteiger partial charge in [-0.05, 0) is 36.6 Å². The second-order valence-corrected chi connectivity index (χ2v) is 3.83. The molecule has 0 radical (unpaired) electrons. The summed E-state index contributed by atoms with van der Waals surface area (Å²) in [6.45, 7) is 2.99. The van der Waals surface area contributed by atoms with Gasteiger partial charge in [-0.15, -0.1) is 0 Å². The number of hydrogen-bond donors (Lipinski definition) is 2. The summed E-state index contributed by atoms with van der Waals surface area (Å²) in [5.41, 5.74) is 8.33. The molecule has 1 aliphatic heterocycles. The fraction of sp³-hybridized carbons (Fsp3) is 0.364. The molecular weight excluding hydrogens is 176 g/mol. The summed E-state index contributed by atoms with van der Waals surface area (Å²) in [6, 6.07) is 6.21. The van der Waals surface area contributed by atoms with E-state index in [1.807, 2.05) is 12.1 Å². The van der Waals surface area contributed by atoms with Crippen molar-refractivity contribution in [2.24, 2.45) is 5.73 Å². The highest BCUT2D eigenvalue weighted by molar-refractivity contribution is 5.93. The lowest BCUT2D eigenvalue weighted by Crippen LogP contribution is -2.33. The Labute approximate surface area is 83.3 Å². The van der Waals surface area contributed by atoms with Crippen molar-refractivity contribution in [1.29, 1.82) is 0 Å². The summed E-state index contributed by atoms with van der Waals surface area (Å²) in [5, 5.41) is 3.35. The van der Waals surface area contributed by atoms with Crippen molar-refractivity contribution >= 4 is 5.91 Å². The number of amides is 1. The van der Waals surface area contributed by atoms with Crippen LogP contribution in [0.15, 0.2) is 18.2 Å². The maximum Gasteiger partial charge on any atom is 0.248 e. The van der Waals surface area contributed by atoms with Crippen LogP contribution in [0.4, 0.5) is 0 Å². The third-order valence-corrected chi connectivity index (χ3v) is 2.66. The van der Waals surface area contributed by atoms with E-state index >= 15 is 0 Å². The molecule has 1 amide bonds. The summed E-state index contributed by atoms with van der Waals surface area (Å²) in [7, 11) is 0. The zero-order chi connectivity index (χ0) is 10.1. The molecule has 2 rings (SSSR count). The molecule has 3 heteroatoms. The summed E-state index contributed by atoms with van der Waals surface area (Å²) >= 11 is 0. The minimum Gasteiger partial charge on any atom is -0.366 e. The van der Waals surface area contributed by atoms with Gasteiger partial charge in [0, 0.05) is 18.2 Å². The van der Waals surface area contributed by atoms with Gasteiger partial charge in [-0.2, -0.15) is 0 Å². The topological polar surface area (TPSA) is 55.1 Å². The lowest BCUT2D eigenvalue weighted by molar-refractivity contribution is 0.1000. The Morgan fingerprint density at radius 3 is 3.00 bits per heavy atom. The van der Waals surface area contributed by atoms with Crippen LogP contribution < -0.4 is 11.1 Å². The van der Waals surface area contributed by atoms with E-state index in [0.29, 0.717) is 11.6 Å². The van der Waals surface area contributed by atoms with Crippen molar-refractivity contribution in [2.45, 2.75) is 25.9 Å². The van der Waals surface area contributed by atoms with Crippen molar-refractivity contribution in [2.75, 3.05) is 0 Å². The van der Waals surface area contributed by atoms with Gasteiger partial charge in [-0.1, -0.05) is 6.07 Å². The molecule has 14 heavy (non-hydrogen) atoms. The van der Waals surface area contributed by atoms with Crippen LogP contribution >= 0.6 is 0 Å². The van der Waals surface area contributed by atoms with E-state index in [1.165, 1.54) is 11.1 Å². The molecule has 3 nitrogen and oxygen atoms in total. The van der Waals surface area contributed by atoms with E-state index in [2.05, 4.69) is 12.2 Å². The molecular formula is C11H14N2O. The number of primary amides is 1. The molecule has 3 N–H and O–H groups in total. The van der Waals surface area contributed by atoms with E-state index < -0.39 is 0 Å². The fourth-order valence-corrected chi connectivity index (χ4v) is 1.83. The Balaban J connectivity index is 2.36. The van der Waals surface area contributed by atoms with E-state index in [4.69, 9.17) is 5.73 Å². The predicted octanol–water partition coefficient (Wildman–Crippen LogP) is 0.820. The zero-order valence-electron chi connectivity index (χ0n) is 8.21. The first-order valence-electron chi connectivity index (χ1n) is 4.82. The number of nitrogens with one attached hydrogen (secondary N) is 1. The molecule has 0 fully saturated rings. The summed E-state index contributed by atoms with van der Waals surface area (Å²) < 4.78 is 0. The molecule has 1 aliphatic rings. The number of rotatable bonds is 1.